The molecule has 0 atom stereocenters. The van der Waals surface area contributed by atoms with E-state index in [9.17, 15) is 27.2 Å². The summed E-state index contributed by atoms with van der Waals surface area (Å²) in [6.07, 6.45) is -4.17. The van der Waals surface area contributed by atoms with Crippen molar-refractivity contribution in [3.8, 4) is 5.75 Å². The molecule has 10 heteroatoms. The van der Waals surface area contributed by atoms with Gasteiger partial charge in [0.15, 0.2) is 6.61 Å². The van der Waals surface area contributed by atoms with Crippen molar-refractivity contribution >= 4 is 17.7 Å². The molecule has 176 valence electrons. The first kappa shape index (κ1) is 22.9. The molecule has 0 saturated carbocycles. The number of cyclic esters (lactones) is 1. The predicted octanol–water partition coefficient (Wildman–Crippen LogP) is 4.46. The van der Waals surface area contributed by atoms with Crippen LogP contribution < -0.4 is 9.64 Å². The van der Waals surface area contributed by atoms with Gasteiger partial charge in [-0.05, 0) is 25.0 Å². The summed E-state index contributed by atoms with van der Waals surface area (Å²) in [5, 5.41) is 0. The van der Waals surface area contributed by atoms with Crippen LogP contribution in [0.5, 0.6) is 5.75 Å². The van der Waals surface area contributed by atoms with Crippen LogP contribution >= 0.6 is 0 Å². The van der Waals surface area contributed by atoms with Crippen LogP contribution in [0, 0.1) is 5.82 Å². The van der Waals surface area contributed by atoms with Crippen LogP contribution in [-0.2, 0) is 22.6 Å². The van der Waals surface area contributed by atoms with Crippen molar-refractivity contribution in [1.82, 2.24) is 4.90 Å². The summed E-state index contributed by atoms with van der Waals surface area (Å²) < 4.78 is 61.0. The zero-order valence-corrected chi connectivity index (χ0v) is 17.6. The lowest BCUT2D eigenvalue weighted by atomic mass is 10.00. The topological polar surface area (TPSA) is 59.1 Å². The average Bonchev–Trinajstić information content (AvgIpc) is 2.78. The summed E-state index contributed by atoms with van der Waals surface area (Å²) in [6, 6.07) is 10.5. The number of rotatable bonds is 5. The molecule has 1 saturated heterocycles. The molecular weight excluding hydrogens is 444 g/mol. The van der Waals surface area contributed by atoms with Crippen molar-refractivity contribution in [1.29, 1.82) is 0 Å². The lowest BCUT2D eigenvalue weighted by molar-refractivity contribution is -0.153. The fourth-order valence-electron chi connectivity index (χ4n) is 4.14. The maximum absolute atomic E-state index is 13.5. The van der Waals surface area contributed by atoms with E-state index >= 15 is 0 Å². The highest BCUT2D eigenvalue weighted by Gasteiger charge is 2.35. The van der Waals surface area contributed by atoms with E-state index in [4.69, 9.17) is 9.47 Å². The van der Waals surface area contributed by atoms with Crippen LogP contribution in [0.3, 0.4) is 0 Å². The van der Waals surface area contributed by atoms with Crippen molar-refractivity contribution in [2.24, 2.45) is 0 Å². The fraction of sp³-hybridized carbons (Fsp3) is 0.391. The second-order valence-electron chi connectivity index (χ2n) is 8.00. The van der Waals surface area contributed by atoms with Gasteiger partial charge in [-0.3, -0.25) is 9.69 Å². The molecular formula is C23H22F4N2O4. The molecule has 2 aromatic rings. The van der Waals surface area contributed by atoms with Gasteiger partial charge in [-0.2, -0.15) is 13.2 Å². The molecule has 0 radical (unpaired) electrons. The number of carbonyl (C=O) groups is 2. The van der Waals surface area contributed by atoms with Gasteiger partial charge in [-0.1, -0.05) is 24.3 Å². The van der Waals surface area contributed by atoms with Crippen LogP contribution in [0.4, 0.5) is 28.0 Å². The molecule has 6 nitrogen and oxygen atoms in total. The molecule has 1 fully saturated rings. The highest BCUT2D eigenvalue weighted by molar-refractivity contribution is 5.91. The van der Waals surface area contributed by atoms with Crippen molar-refractivity contribution in [2.75, 3.05) is 24.6 Å². The third kappa shape index (κ3) is 5.37. The van der Waals surface area contributed by atoms with E-state index in [1.807, 2.05) is 24.3 Å². The standard InChI is InChI=1S/C23H22F4N2O4/c24-17-6-5-15(20(12-17)33-14-23(25,26)27)11-21(30)28-9-7-18(8-10-28)29-19-4-2-1-3-16(19)13-32-22(29)31/h1-6,12,18H,7-11,13-14H2. The fourth-order valence-corrected chi connectivity index (χ4v) is 4.14. The van der Waals surface area contributed by atoms with E-state index in [2.05, 4.69) is 0 Å². The molecule has 0 aliphatic carbocycles. The Bertz CT molecular complexity index is 1040. The van der Waals surface area contributed by atoms with Gasteiger partial charge in [0, 0.05) is 36.3 Å². The maximum Gasteiger partial charge on any atom is 0.422 e. The number of anilines is 1. The lowest BCUT2D eigenvalue weighted by Crippen LogP contribution is -2.50. The van der Waals surface area contributed by atoms with Gasteiger partial charge >= 0.3 is 12.3 Å². The number of ether oxygens (including phenoxy) is 2. The van der Waals surface area contributed by atoms with Crippen LogP contribution in [-0.4, -0.2) is 48.8 Å². The zero-order chi connectivity index (χ0) is 23.6. The molecule has 2 heterocycles. The van der Waals surface area contributed by atoms with E-state index in [1.165, 1.54) is 6.07 Å². The first-order chi connectivity index (χ1) is 15.7. The molecule has 33 heavy (non-hydrogen) atoms. The van der Waals surface area contributed by atoms with Gasteiger partial charge in [0.1, 0.15) is 18.2 Å². The Morgan fingerprint density at radius 3 is 2.58 bits per heavy atom. The van der Waals surface area contributed by atoms with E-state index < -0.39 is 24.7 Å². The lowest BCUT2D eigenvalue weighted by Gasteiger charge is -2.40. The van der Waals surface area contributed by atoms with Crippen molar-refractivity contribution in [3.63, 3.8) is 0 Å². The molecule has 0 spiro atoms. The van der Waals surface area contributed by atoms with Crippen LogP contribution in [0.15, 0.2) is 42.5 Å². The largest absolute Gasteiger partial charge is 0.484 e. The molecule has 2 aromatic carbocycles. The van der Waals surface area contributed by atoms with Crippen LogP contribution in [0.25, 0.3) is 0 Å². The van der Waals surface area contributed by atoms with Gasteiger partial charge in [-0.15, -0.1) is 0 Å². The number of para-hydroxylation sites is 1. The quantitative estimate of drug-likeness (QED) is 0.611. The number of hydrogen-bond donors (Lipinski definition) is 0. The smallest absolute Gasteiger partial charge is 0.422 e. The van der Waals surface area contributed by atoms with E-state index in [0.29, 0.717) is 25.9 Å². The van der Waals surface area contributed by atoms with E-state index in [1.54, 1.807) is 9.80 Å². The first-order valence-corrected chi connectivity index (χ1v) is 10.5. The van der Waals surface area contributed by atoms with Crippen LogP contribution in [0.2, 0.25) is 0 Å². The Labute approximate surface area is 187 Å². The van der Waals surface area contributed by atoms with E-state index in [0.717, 1.165) is 23.4 Å². The third-order valence-corrected chi connectivity index (χ3v) is 5.74. The van der Waals surface area contributed by atoms with Crippen LogP contribution in [0.1, 0.15) is 24.0 Å². The van der Waals surface area contributed by atoms with Crippen molar-refractivity contribution < 1.29 is 36.6 Å². The number of carbonyl (C=O) groups excluding carboxylic acids is 2. The molecule has 0 N–H and O–H groups in total. The van der Waals surface area contributed by atoms with Gasteiger partial charge in [0.2, 0.25) is 5.91 Å². The summed E-state index contributed by atoms with van der Waals surface area (Å²) in [4.78, 5) is 28.4. The molecule has 0 unspecified atom stereocenters. The van der Waals surface area contributed by atoms with Gasteiger partial charge in [-0.25, -0.2) is 9.18 Å². The second kappa shape index (κ2) is 9.29. The third-order valence-electron chi connectivity index (χ3n) is 5.74. The van der Waals surface area contributed by atoms with E-state index in [-0.39, 0.29) is 36.3 Å². The number of benzene rings is 2. The SMILES string of the molecule is O=C(Cc1ccc(F)cc1OCC(F)(F)F)N1CCC(N2C(=O)OCc3ccccc32)CC1. The number of alkyl halides is 3. The normalized spacial score (nSPS) is 16.9. The summed E-state index contributed by atoms with van der Waals surface area (Å²) >= 11 is 0. The summed E-state index contributed by atoms with van der Waals surface area (Å²) in [5.74, 6) is -1.36. The summed E-state index contributed by atoms with van der Waals surface area (Å²) in [7, 11) is 0. The second-order valence-corrected chi connectivity index (χ2v) is 8.00. The predicted molar refractivity (Wildman–Crippen MR) is 110 cm³/mol. The number of hydrogen-bond acceptors (Lipinski definition) is 4. The minimum absolute atomic E-state index is 0.139. The number of nitrogens with zero attached hydrogens (tertiary/aromatic N) is 2. The Morgan fingerprint density at radius 2 is 1.85 bits per heavy atom. The Morgan fingerprint density at radius 1 is 1.12 bits per heavy atom. The van der Waals surface area contributed by atoms with Gasteiger partial charge < -0.3 is 14.4 Å². The highest BCUT2D eigenvalue weighted by atomic mass is 19.4. The minimum atomic E-state index is -4.58. The molecule has 2 aliphatic heterocycles. The highest BCUT2D eigenvalue weighted by Crippen LogP contribution is 2.32. The summed E-state index contributed by atoms with van der Waals surface area (Å²) in [5.41, 5.74) is 1.90. The Balaban J connectivity index is 1.39. The number of amides is 2. The molecule has 4 rings (SSSR count). The van der Waals surface area contributed by atoms with Gasteiger partial charge in [0.25, 0.3) is 0 Å². The maximum atomic E-state index is 13.5. The number of piperidine rings is 1. The number of fused-ring (bicyclic) bond motifs is 1. The minimum Gasteiger partial charge on any atom is -0.484 e. The van der Waals surface area contributed by atoms with Crippen molar-refractivity contribution in [3.05, 3.63) is 59.4 Å². The van der Waals surface area contributed by atoms with Gasteiger partial charge in [0.05, 0.1) is 12.1 Å². The zero-order valence-electron chi connectivity index (χ0n) is 17.6. The van der Waals surface area contributed by atoms with Crippen molar-refractivity contribution in [2.45, 2.75) is 38.1 Å². The molecule has 0 aromatic heterocycles. The summed E-state index contributed by atoms with van der Waals surface area (Å²) in [6.45, 7) is -0.611. The molecule has 2 aliphatic rings. The molecule has 2 amide bonds. The number of halogens is 4. The Kier molecular flexibility index (Phi) is 6.44. The average molecular weight is 466 g/mol. The first-order valence-electron chi connectivity index (χ1n) is 10.5. The number of likely N-dealkylation sites (tertiary alicyclic amines) is 1. The molecule has 0 bridgehead atoms. The monoisotopic (exact) mass is 466 g/mol. The Hall–Kier alpha value is -3.30.